The molecule has 3 rings (SSSR count). The number of nitrogens with one attached hydrogen (secondary N) is 1. The molecule has 5 heteroatoms. The van der Waals surface area contributed by atoms with Crippen molar-refractivity contribution in [3.8, 4) is 11.5 Å². The topological polar surface area (TPSA) is 72.2 Å². The SMILES string of the molecule is CCCCC(=O)Nc1ccc(-c2nc3ccccc3c(=O)o2)cc1. The average molecular weight is 322 g/mol. The smallest absolute Gasteiger partial charge is 0.347 e. The molecule has 2 aromatic carbocycles. The number of carbonyl (C=O) groups excluding carboxylic acids is 1. The van der Waals surface area contributed by atoms with E-state index >= 15 is 0 Å². The van der Waals surface area contributed by atoms with Crippen LogP contribution in [0.4, 0.5) is 5.69 Å². The monoisotopic (exact) mass is 322 g/mol. The fraction of sp³-hybridized carbons (Fsp3) is 0.211. The fourth-order valence-corrected chi connectivity index (χ4v) is 2.40. The van der Waals surface area contributed by atoms with Gasteiger partial charge in [0, 0.05) is 17.7 Å². The van der Waals surface area contributed by atoms with Crippen molar-refractivity contribution in [2.45, 2.75) is 26.2 Å². The van der Waals surface area contributed by atoms with Crippen LogP contribution in [-0.2, 0) is 4.79 Å². The summed E-state index contributed by atoms with van der Waals surface area (Å²) in [6.45, 7) is 2.05. The summed E-state index contributed by atoms with van der Waals surface area (Å²) in [5.41, 5.74) is 1.58. The number of benzene rings is 2. The summed E-state index contributed by atoms with van der Waals surface area (Å²) >= 11 is 0. The average Bonchev–Trinajstić information content (AvgIpc) is 2.60. The second-order valence-corrected chi connectivity index (χ2v) is 5.55. The van der Waals surface area contributed by atoms with Crippen molar-refractivity contribution in [2.75, 3.05) is 5.32 Å². The van der Waals surface area contributed by atoms with Gasteiger partial charge in [-0.15, -0.1) is 0 Å². The van der Waals surface area contributed by atoms with Gasteiger partial charge in [-0.1, -0.05) is 25.5 Å². The molecule has 24 heavy (non-hydrogen) atoms. The number of anilines is 1. The Bertz CT molecular complexity index is 914. The Morgan fingerprint density at radius 2 is 1.88 bits per heavy atom. The number of hydrogen-bond donors (Lipinski definition) is 1. The van der Waals surface area contributed by atoms with Gasteiger partial charge in [0.25, 0.3) is 0 Å². The predicted molar refractivity (Wildman–Crippen MR) is 93.9 cm³/mol. The molecule has 0 bridgehead atoms. The van der Waals surface area contributed by atoms with Crippen molar-refractivity contribution in [1.82, 2.24) is 4.98 Å². The standard InChI is InChI=1S/C19H18N2O3/c1-2-3-8-17(22)20-14-11-9-13(10-12-14)18-21-16-7-5-4-6-15(16)19(23)24-18/h4-7,9-12H,2-3,8H2,1H3,(H,20,22). The second-order valence-electron chi connectivity index (χ2n) is 5.55. The summed E-state index contributed by atoms with van der Waals surface area (Å²) < 4.78 is 5.30. The van der Waals surface area contributed by atoms with E-state index in [4.69, 9.17) is 4.42 Å². The van der Waals surface area contributed by atoms with E-state index in [0.29, 0.717) is 28.6 Å². The lowest BCUT2D eigenvalue weighted by molar-refractivity contribution is -0.116. The first kappa shape index (κ1) is 15.9. The molecule has 0 aliphatic rings. The van der Waals surface area contributed by atoms with Crippen molar-refractivity contribution in [3.63, 3.8) is 0 Å². The summed E-state index contributed by atoms with van der Waals surface area (Å²) in [5.74, 6) is 0.266. The van der Waals surface area contributed by atoms with Gasteiger partial charge in [-0.05, 0) is 42.8 Å². The Labute approximate surface area is 139 Å². The molecule has 1 aromatic heterocycles. The molecule has 0 atom stereocenters. The molecule has 1 N–H and O–H groups in total. The largest absolute Gasteiger partial charge is 0.403 e. The Morgan fingerprint density at radius 1 is 1.12 bits per heavy atom. The number of hydrogen-bond acceptors (Lipinski definition) is 4. The predicted octanol–water partition coefficient (Wildman–Crippen LogP) is 3.98. The van der Waals surface area contributed by atoms with Gasteiger partial charge in [-0.3, -0.25) is 4.79 Å². The van der Waals surface area contributed by atoms with Crippen molar-refractivity contribution in [2.24, 2.45) is 0 Å². The minimum atomic E-state index is -0.410. The van der Waals surface area contributed by atoms with Gasteiger partial charge in [0.2, 0.25) is 11.8 Å². The van der Waals surface area contributed by atoms with Crippen molar-refractivity contribution >= 4 is 22.5 Å². The van der Waals surface area contributed by atoms with E-state index in [-0.39, 0.29) is 11.8 Å². The Balaban J connectivity index is 1.83. The van der Waals surface area contributed by atoms with Gasteiger partial charge in [-0.25, -0.2) is 9.78 Å². The molecule has 0 spiro atoms. The van der Waals surface area contributed by atoms with Gasteiger partial charge in [-0.2, -0.15) is 0 Å². The molecule has 5 nitrogen and oxygen atoms in total. The summed E-state index contributed by atoms with van der Waals surface area (Å²) in [6.07, 6.45) is 2.37. The highest BCUT2D eigenvalue weighted by atomic mass is 16.4. The maximum absolute atomic E-state index is 12.0. The zero-order chi connectivity index (χ0) is 16.9. The lowest BCUT2D eigenvalue weighted by Gasteiger charge is -2.06. The molecule has 0 saturated heterocycles. The van der Waals surface area contributed by atoms with Gasteiger partial charge in [0.15, 0.2) is 0 Å². The van der Waals surface area contributed by atoms with Crippen LogP contribution in [0.15, 0.2) is 57.7 Å². The van der Waals surface area contributed by atoms with E-state index in [9.17, 15) is 9.59 Å². The molecular formula is C19H18N2O3. The number of rotatable bonds is 5. The van der Waals surface area contributed by atoms with Crippen LogP contribution in [0.25, 0.3) is 22.4 Å². The summed E-state index contributed by atoms with van der Waals surface area (Å²) in [7, 11) is 0. The van der Waals surface area contributed by atoms with Crippen LogP contribution in [0.5, 0.6) is 0 Å². The number of aromatic nitrogens is 1. The quantitative estimate of drug-likeness (QED) is 0.771. The van der Waals surface area contributed by atoms with Crippen LogP contribution < -0.4 is 10.9 Å². The van der Waals surface area contributed by atoms with Crippen molar-refractivity contribution < 1.29 is 9.21 Å². The first-order valence-corrected chi connectivity index (χ1v) is 7.97. The molecule has 0 radical (unpaired) electrons. The maximum Gasteiger partial charge on any atom is 0.347 e. The highest BCUT2D eigenvalue weighted by molar-refractivity contribution is 5.90. The third-order valence-electron chi connectivity index (χ3n) is 3.71. The first-order chi connectivity index (χ1) is 11.7. The molecule has 122 valence electrons. The molecule has 0 saturated carbocycles. The normalized spacial score (nSPS) is 10.7. The van der Waals surface area contributed by atoms with Gasteiger partial charge < -0.3 is 9.73 Å². The Morgan fingerprint density at radius 3 is 2.62 bits per heavy atom. The summed E-state index contributed by atoms with van der Waals surface area (Å²) in [6, 6.07) is 14.2. The van der Waals surface area contributed by atoms with Crippen molar-refractivity contribution in [1.29, 1.82) is 0 Å². The number of para-hydroxylation sites is 1. The zero-order valence-electron chi connectivity index (χ0n) is 13.4. The Hall–Kier alpha value is -2.95. The molecule has 0 aliphatic carbocycles. The molecular weight excluding hydrogens is 304 g/mol. The van der Waals surface area contributed by atoms with E-state index in [1.807, 2.05) is 13.0 Å². The van der Waals surface area contributed by atoms with Crippen LogP contribution in [0, 0.1) is 0 Å². The molecule has 0 aliphatic heterocycles. The number of amides is 1. The van der Waals surface area contributed by atoms with Crippen LogP contribution in [0.2, 0.25) is 0 Å². The van der Waals surface area contributed by atoms with E-state index in [2.05, 4.69) is 10.3 Å². The molecule has 0 fully saturated rings. The number of nitrogens with zero attached hydrogens (tertiary/aromatic N) is 1. The maximum atomic E-state index is 12.0. The molecule has 3 aromatic rings. The third-order valence-corrected chi connectivity index (χ3v) is 3.71. The lowest BCUT2D eigenvalue weighted by atomic mass is 10.2. The highest BCUT2D eigenvalue weighted by Crippen LogP contribution is 2.20. The number of carbonyl (C=O) groups is 1. The zero-order valence-corrected chi connectivity index (χ0v) is 13.4. The number of unbranched alkanes of at least 4 members (excludes halogenated alkanes) is 1. The lowest BCUT2D eigenvalue weighted by Crippen LogP contribution is -2.10. The first-order valence-electron chi connectivity index (χ1n) is 7.97. The van der Waals surface area contributed by atoms with Crippen molar-refractivity contribution in [3.05, 3.63) is 59.0 Å². The fourth-order valence-electron chi connectivity index (χ4n) is 2.40. The molecule has 0 unspecified atom stereocenters. The highest BCUT2D eigenvalue weighted by Gasteiger charge is 2.08. The Kier molecular flexibility index (Phi) is 4.70. The third kappa shape index (κ3) is 3.51. The van der Waals surface area contributed by atoms with Gasteiger partial charge in [0.05, 0.1) is 10.9 Å². The van der Waals surface area contributed by atoms with E-state index in [0.717, 1.165) is 12.8 Å². The summed E-state index contributed by atoms with van der Waals surface area (Å²) in [5, 5.41) is 3.30. The van der Waals surface area contributed by atoms with Crippen LogP contribution >= 0.6 is 0 Å². The van der Waals surface area contributed by atoms with Crippen LogP contribution in [-0.4, -0.2) is 10.9 Å². The number of fused-ring (bicyclic) bond motifs is 1. The van der Waals surface area contributed by atoms with Crippen LogP contribution in [0.3, 0.4) is 0 Å². The van der Waals surface area contributed by atoms with E-state index in [1.54, 1.807) is 42.5 Å². The van der Waals surface area contributed by atoms with E-state index in [1.165, 1.54) is 0 Å². The van der Waals surface area contributed by atoms with Gasteiger partial charge in [0.1, 0.15) is 0 Å². The molecule has 1 amide bonds. The second kappa shape index (κ2) is 7.08. The summed E-state index contributed by atoms with van der Waals surface area (Å²) in [4.78, 5) is 28.1. The molecule has 1 heterocycles. The minimum Gasteiger partial charge on any atom is -0.403 e. The van der Waals surface area contributed by atoms with E-state index < -0.39 is 5.63 Å². The minimum absolute atomic E-state index is 0.0000351. The van der Waals surface area contributed by atoms with Gasteiger partial charge >= 0.3 is 5.63 Å². The van der Waals surface area contributed by atoms with Crippen LogP contribution in [0.1, 0.15) is 26.2 Å².